The fourth-order valence-corrected chi connectivity index (χ4v) is 9.79. The quantitative estimate of drug-likeness (QED) is 0.0279. The predicted molar refractivity (Wildman–Crippen MR) is 326 cm³/mol. The summed E-state index contributed by atoms with van der Waals surface area (Å²) in [5.74, 6) is -5.23. The number of para-hydroxylation sites is 1. The first-order valence-electron chi connectivity index (χ1n) is 28.7. The number of benzene rings is 2. The number of carboxylic acids is 1. The Hall–Kier alpha value is -6.43. The van der Waals surface area contributed by atoms with E-state index in [1.807, 2.05) is 84.1 Å². The number of hydrogen-bond donors (Lipinski definition) is 9. The van der Waals surface area contributed by atoms with E-state index < -0.39 is 112 Å². The Morgan fingerprint density at radius 1 is 0.607 bits per heavy atom. The summed E-state index contributed by atoms with van der Waals surface area (Å²) < 4.78 is 25.6. The molecule has 3 rings (SSSR count). The molecule has 0 saturated heterocycles. The number of aromatic nitrogens is 1. The van der Waals surface area contributed by atoms with Crippen molar-refractivity contribution in [2.24, 2.45) is 5.73 Å². The number of nitrogens with two attached hydrogens (primary N) is 1. The molecule has 10 N–H and O–H groups in total. The number of hydrogen-bond acceptors (Lipinski definition) is 14. The highest BCUT2D eigenvalue weighted by Crippen LogP contribution is 2.29. The number of carboxylic acid groups (broad SMARTS) is 1. The number of thioether (sulfide) groups is 1. The number of unbranched alkanes of at least 4 members (excludes halogenated alkanes) is 1. The SMILES string of the molecule is CC(=O)NCSC[C@H](NC(=O)[C@@H](NC(=O)[C@H](CCCCNC(=O)OC(C)(C)C)NC(=O)[C@@H](Cc1cn(C(C)(C)C)c2ccccc12)NC(=O)[C@@H](N)Cc1ccc(OC(C)(C)C)cc1)[C@@H](C)OC(C)(C)C)C(=O)N[C@H](C(=O)O)[C@@H](C)OC(C)(C)C. The van der Waals surface area contributed by atoms with Gasteiger partial charge in [0.1, 0.15) is 41.1 Å². The highest BCUT2D eigenvalue weighted by molar-refractivity contribution is 7.99. The van der Waals surface area contributed by atoms with Gasteiger partial charge in [-0.25, -0.2) is 9.59 Å². The van der Waals surface area contributed by atoms with Crippen LogP contribution in [0.2, 0.25) is 0 Å². The molecule has 7 amide bonds. The Balaban J connectivity index is 2.13. The number of alkyl carbamates (subject to hydrolysis) is 1. The molecule has 0 fully saturated rings. The molecular weight excluding hydrogens is 1100 g/mol. The van der Waals surface area contributed by atoms with Gasteiger partial charge < -0.3 is 71.6 Å². The van der Waals surface area contributed by atoms with E-state index in [1.54, 1.807) is 81.4 Å². The van der Waals surface area contributed by atoms with Gasteiger partial charge in [-0.15, -0.1) is 11.8 Å². The third-order valence-electron chi connectivity index (χ3n) is 12.4. The molecule has 470 valence electrons. The number of ether oxygens (including phenoxy) is 4. The zero-order valence-corrected chi connectivity index (χ0v) is 53.6. The first-order chi connectivity index (χ1) is 38.6. The molecule has 23 heteroatoms. The second kappa shape index (κ2) is 31.1. The van der Waals surface area contributed by atoms with Gasteiger partial charge in [0.2, 0.25) is 35.4 Å². The zero-order valence-electron chi connectivity index (χ0n) is 52.8. The van der Waals surface area contributed by atoms with Crippen molar-refractivity contribution in [1.82, 2.24) is 41.8 Å². The lowest BCUT2D eigenvalue weighted by Crippen LogP contribution is -2.63. The van der Waals surface area contributed by atoms with Gasteiger partial charge in [0.05, 0.1) is 35.3 Å². The minimum Gasteiger partial charge on any atom is -0.488 e. The van der Waals surface area contributed by atoms with Crippen LogP contribution in [0.25, 0.3) is 10.9 Å². The zero-order chi connectivity index (χ0) is 63.7. The summed E-state index contributed by atoms with van der Waals surface area (Å²) in [5, 5.41) is 30.1. The molecule has 0 aliphatic rings. The van der Waals surface area contributed by atoms with Crippen molar-refractivity contribution in [2.45, 2.75) is 233 Å². The summed E-state index contributed by atoms with van der Waals surface area (Å²) in [6.45, 7) is 32.1. The van der Waals surface area contributed by atoms with Crippen LogP contribution in [0.3, 0.4) is 0 Å². The Labute approximate surface area is 501 Å². The summed E-state index contributed by atoms with van der Waals surface area (Å²) in [6.07, 6.45) is -0.212. The standard InChI is InChI=1S/C61H97N9O13S/c1-36(80-58(7,8)9)48(54(76)67-46(34-84-35-64-38(3)71)53(75)69-49(55(77)78)37(2)81-59(10,11)12)68-51(73)44(24-21-22-30-63-56(79)83-61(16,17)18)65-52(74)45(32-40-33-70(57(4,5)6)47-25-20-19-23-42(40)47)66-50(72)43(62)31-39-26-28-41(29-27-39)82-60(13,14)15/h19-20,23,25-29,33,36-37,43-46,48-49H,21-22,24,30-32,34-35,62H2,1-18H3,(H,63,79)(H,64,71)(H,65,74)(H,66,72)(H,67,76)(H,68,73)(H,69,75)(H,77,78)/t36-,37-,43+,44+,45-,46+,48+,49+/m1/s1. The number of carbonyl (C=O) groups excluding carboxylic acids is 7. The lowest BCUT2D eigenvalue weighted by molar-refractivity contribution is -0.150. The molecule has 0 saturated carbocycles. The van der Waals surface area contributed by atoms with Crippen LogP contribution in [0, 0.1) is 0 Å². The number of amides is 7. The summed E-state index contributed by atoms with van der Waals surface area (Å²) in [4.78, 5) is 110. The third kappa shape index (κ3) is 25.8. The molecule has 8 atom stereocenters. The van der Waals surface area contributed by atoms with E-state index in [2.05, 4.69) is 41.8 Å². The number of aliphatic carboxylic acids is 1. The first-order valence-corrected chi connectivity index (χ1v) is 29.8. The lowest BCUT2D eigenvalue weighted by Gasteiger charge is -2.33. The highest BCUT2D eigenvalue weighted by Gasteiger charge is 2.38. The molecule has 0 unspecified atom stereocenters. The maximum absolute atomic E-state index is 15.1. The second-order valence-electron chi connectivity index (χ2n) is 26.1. The maximum atomic E-state index is 15.1. The van der Waals surface area contributed by atoms with Crippen molar-refractivity contribution in [2.75, 3.05) is 18.2 Å². The summed E-state index contributed by atoms with van der Waals surface area (Å²) in [7, 11) is 0. The molecule has 1 heterocycles. The molecule has 0 bridgehead atoms. The number of rotatable bonds is 29. The smallest absolute Gasteiger partial charge is 0.407 e. The number of nitrogens with one attached hydrogen (secondary N) is 7. The van der Waals surface area contributed by atoms with Gasteiger partial charge in [0, 0.05) is 48.3 Å². The average molecular weight is 1200 g/mol. The Morgan fingerprint density at radius 2 is 1.14 bits per heavy atom. The topological polar surface area (TPSA) is 309 Å². The molecular formula is C61H97N9O13S. The fourth-order valence-electron chi connectivity index (χ4n) is 8.90. The summed E-state index contributed by atoms with van der Waals surface area (Å²) in [5.41, 5.74) is 5.73. The van der Waals surface area contributed by atoms with Gasteiger partial charge in [0.25, 0.3) is 0 Å². The van der Waals surface area contributed by atoms with Crippen LogP contribution in [0.1, 0.15) is 155 Å². The Morgan fingerprint density at radius 3 is 1.69 bits per heavy atom. The van der Waals surface area contributed by atoms with E-state index in [4.69, 9.17) is 24.7 Å². The number of carbonyl (C=O) groups is 8. The third-order valence-corrected chi connectivity index (χ3v) is 13.4. The van der Waals surface area contributed by atoms with E-state index in [0.29, 0.717) is 12.2 Å². The molecule has 0 radical (unpaired) electrons. The fraction of sp³-hybridized carbons (Fsp3) is 0.639. The van der Waals surface area contributed by atoms with Gasteiger partial charge in [0.15, 0.2) is 6.04 Å². The summed E-state index contributed by atoms with van der Waals surface area (Å²) in [6, 6.07) is 6.56. The molecule has 2 aromatic carbocycles. The molecule has 84 heavy (non-hydrogen) atoms. The Bertz CT molecular complexity index is 2700. The average Bonchev–Trinajstić information content (AvgIpc) is 2.46. The van der Waals surface area contributed by atoms with Gasteiger partial charge in [-0.05, 0) is 173 Å². The van der Waals surface area contributed by atoms with Crippen molar-refractivity contribution < 1.29 is 62.4 Å². The van der Waals surface area contributed by atoms with Crippen molar-refractivity contribution in [1.29, 1.82) is 0 Å². The second-order valence-corrected chi connectivity index (χ2v) is 27.2. The van der Waals surface area contributed by atoms with Crippen LogP contribution >= 0.6 is 11.8 Å². The highest BCUT2D eigenvalue weighted by atomic mass is 32.2. The van der Waals surface area contributed by atoms with Crippen LogP contribution in [-0.2, 0) is 66.2 Å². The molecule has 1 aromatic heterocycles. The molecule has 3 aromatic rings. The van der Waals surface area contributed by atoms with E-state index >= 15 is 9.59 Å². The van der Waals surface area contributed by atoms with Crippen LogP contribution < -0.4 is 47.7 Å². The minimum absolute atomic E-state index is 0.0321. The molecule has 0 spiro atoms. The molecule has 0 aliphatic heterocycles. The van der Waals surface area contributed by atoms with Crippen LogP contribution in [0.4, 0.5) is 4.79 Å². The Kier molecular flexibility index (Phi) is 26.6. The largest absolute Gasteiger partial charge is 0.488 e. The van der Waals surface area contributed by atoms with Gasteiger partial charge in [-0.1, -0.05) is 30.3 Å². The predicted octanol–water partition coefficient (Wildman–Crippen LogP) is 6.12. The minimum atomic E-state index is -1.55. The first kappa shape index (κ1) is 71.8. The van der Waals surface area contributed by atoms with Crippen LogP contribution in [-0.4, -0.2) is 146 Å². The van der Waals surface area contributed by atoms with Gasteiger partial charge >= 0.3 is 12.1 Å². The maximum Gasteiger partial charge on any atom is 0.407 e. The van der Waals surface area contributed by atoms with Gasteiger partial charge in [-0.2, -0.15) is 0 Å². The van der Waals surface area contributed by atoms with Gasteiger partial charge in [-0.3, -0.25) is 28.8 Å². The van der Waals surface area contributed by atoms with E-state index in [-0.39, 0.29) is 55.3 Å². The van der Waals surface area contributed by atoms with E-state index in [9.17, 15) is 33.9 Å². The normalized spacial score (nSPS) is 15.2. The molecule has 22 nitrogen and oxygen atoms in total. The van der Waals surface area contributed by atoms with Crippen LogP contribution in [0.15, 0.2) is 54.7 Å². The van der Waals surface area contributed by atoms with E-state index in [1.165, 1.54) is 13.8 Å². The number of fused-ring (bicyclic) bond motifs is 1. The van der Waals surface area contributed by atoms with Crippen LogP contribution in [0.5, 0.6) is 5.75 Å². The number of nitrogens with zero attached hydrogens (tertiary/aromatic N) is 1. The molecule has 0 aliphatic carbocycles. The van der Waals surface area contributed by atoms with Crippen molar-refractivity contribution in [3.05, 3.63) is 65.9 Å². The monoisotopic (exact) mass is 1200 g/mol. The van der Waals surface area contributed by atoms with E-state index in [0.717, 1.165) is 33.8 Å². The lowest BCUT2D eigenvalue weighted by atomic mass is 10.0. The van der Waals surface area contributed by atoms with Crippen molar-refractivity contribution >= 4 is 70.2 Å². The van der Waals surface area contributed by atoms with Crippen molar-refractivity contribution in [3.63, 3.8) is 0 Å². The summed E-state index contributed by atoms with van der Waals surface area (Å²) >= 11 is 1.07. The van der Waals surface area contributed by atoms with Crippen molar-refractivity contribution in [3.8, 4) is 5.75 Å².